The lowest BCUT2D eigenvalue weighted by Crippen LogP contribution is -2.22. The van der Waals surface area contributed by atoms with Crippen LogP contribution in [-0.4, -0.2) is 23.9 Å². The van der Waals surface area contributed by atoms with Crippen LogP contribution in [0, 0.1) is 0 Å². The van der Waals surface area contributed by atoms with Gasteiger partial charge in [-0.3, -0.25) is 0 Å². The highest BCUT2D eigenvalue weighted by molar-refractivity contribution is 5.45. The Labute approximate surface area is 125 Å². The van der Waals surface area contributed by atoms with E-state index in [2.05, 4.69) is 5.32 Å². The quantitative estimate of drug-likeness (QED) is 0.732. The molecular weight excluding hydrogens is 266 g/mol. The van der Waals surface area contributed by atoms with E-state index < -0.39 is 0 Å². The summed E-state index contributed by atoms with van der Waals surface area (Å²) in [6.45, 7) is 0.610. The van der Waals surface area contributed by atoms with Gasteiger partial charge in [-0.25, -0.2) is 0 Å². The highest BCUT2D eigenvalue weighted by Crippen LogP contribution is 2.29. The minimum absolute atomic E-state index is 0.0433. The molecule has 2 aromatic carbocycles. The number of hydrogen-bond donors (Lipinski definition) is 3. The zero-order chi connectivity index (χ0) is 15.1. The molecule has 2 aromatic rings. The molecule has 0 heterocycles. The predicted molar refractivity (Wildman–Crippen MR) is 82.4 cm³/mol. The van der Waals surface area contributed by atoms with Crippen LogP contribution in [0.4, 0.5) is 0 Å². The Bertz CT molecular complexity index is 557. The van der Waals surface area contributed by atoms with Crippen LogP contribution in [0.25, 0.3) is 0 Å². The van der Waals surface area contributed by atoms with E-state index in [0.29, 0.717) is 18.7 Å². The second kappa shape index (κ2) is 7.67. The summed E-state index contributed by atoms with van der Waals surface area (Å²) in [6.07, 6.45) is 0.620. The van der Waals surface area contributed by atoms with Crippen LogP contribution in [0.15, 0.2) is 48.5 Å². The normalized spacial score (nSPS) is 12.1. The van der Waals surface area contributed by atoms with Gasteiger partial charge in [0.15, 0.2) is 11.5 Å². The van der Waals surface area contributed by atoms with Crippen molar-refractivity contribution >= 4 is 0 Å². The molecule has 0 radical (unpaired) electrons. The minimum Gasteiger partial charge on any atom is -0.504 e. The van der Waals surface area contributed by atoms with Gasteiger partial charge in [0.2, 0.25) is 0 Å². The fourth-order valence-electron chi connectivity index (χ4n) is 2.31. The first-order valence-corrected chi connectivity index (χ1v) is 7.00. The number of benzene rings is 2. The molecule has 0 saturated heterocycles. The largest absolute Gasteiger partial charge is 0.504 e. The molecule has 1 atom stereocenters. The number of hydrogen-bond acceptors (Lipinski definition) is 4. The van der Waals surface area contributed by atoms with E-state index in [1.807, 2.05) is 42.5 Å². The Kier molecular flexibility index (Phi) is 5.60. The van der Waals surface area contributed by atoms with Crippen molar-refractivity contribution in [2.45, 2.75) is 19.0 Å². The maximum Gasteiger partial charge on any atom is 0.162 e. The average molecular weight is 287 g/mol. The van der Waals surface area contributed by atoms with Crippen molar-refractivity contribution in [3.05, 3.63) is 59.7 Å². The molecule has 0 bridgehead atoms. The van der Waals surface area contributed by atoms with Gasteiger partial charge >= 0.3 is 0 Å². The number of phenolic OH excluding ortho intramolecular Hbond substituents is 1. The summed E-state index contributed by atoms with van der Waals surface area (Å²) in [5.74, 6) is 0.621. The third-order valence-electron chi connectivity index (χ3n) is 3.46. The molecular formula is C17H21NO3. The van der Waals surface area contributed by atoms with Crippen LogP contribution < -0.4 is 10.1 Å². The third-order valence-corrected chi connectivity index (χ3v) is 3.46. The summed E-state index contributed by atoms with van der Waals surface area (Å²) < 4.78 is 5.11. The molecule has 21 heavy (non-hydrogen) atoms. The van der Waals surface area contributed by atoms with Crippen LogP contribution >= 0.6 is 0 Å². The first kappa shape index (κ1) is 15.4. The molecule has 4 nitrogen and oxygen atoms in total. The summed E-state index contributed by atoms with van der Waals surface area (Å²) >= 11 is 0. The van der Waals surface area contributed by atoms with Gasteiger partial charge in [-0.1, -0.05) is 42.5 Å². The fraction of sp³-hybridized carbons (Fsp3) is 0.294. The van der Waals surface area contributed by atoms with Crippen molar-refractivity contribution in [3.8, 4) is 11.5 Å². The number of nitrogens with one attached hydrogen (secondary N) is 1. The summed E-state index contributed by atoms with van der Waals surface area (Å²) in [7, 11) is 1.53. The first-order chi connectivity index (χ1) is 10.3. The Balaban J connectivity index is 2.09. The van der Waals surface area contributed by atoms with E-state index in [1.165, 1.54) is 7.11 Å². The molecule has 0 spiro atoms. The molecule has 0 amide bonds. The number of aliphatic hydroxyl groups is 1. The van der Waals surface area contributed by atoms with Gasteiger partial charge in [0.05, 0.1) is 7.11 Å². The van der Waals surface area contributed by atoms with Gasteiger partial charge in [0.1, 0.15) is 0 Å². The van der Waals surface area contributed by atoms with Gasteiger partial charge in [-0.2, -0.15) is 0 Å². The average Bonchev–Trinajstić information content (AvgIpc) is 2.53. The minimum atomic E-state index is 0.0433. The van der Waals surface area contributed by atoms with E-state index in [1.54, 1.807) is 6.07 Å². The molecule has 0 saturated carbocycles. The molecule has 112 valence electrons. The lowest BCUT2D eigenvalue weighted by molar-refractivity contribution is 0.264. The van der Waals surface area contributed by atoms with E-state index in [-0.39, 0.29) is 18.4 Å². The fourth-order valence-corrected chi connectivity index (χ4v) is 2.31. The maximum atomic E-state index is 10.1. The summed E-state index contributed by atoms with van der Waals surface area (Å²) in [4.78, 5) is 0. The monoisotopic (exact) mass is 287 g/mol. The molecule has 0 fully saturated rings. The van der Waals surface area contributed by atoms with Crippen molar-refractivity contribution in [1.82, 2.24) is 5.32 Å². The molecule has 2 rings (SSSR count). The molecule has 0 aliphatic rings. The van der Waals surface area contributed by atoms with Crippen LogP contribution in [-0.2, 0) is 6.54 Å². The van der Waals surface area contributed by atoms with Crippen LogP contribution in [0.3, 0.4) is 0 Å². The van der Waals surface area contributed by atoms with Crippen molar-refractivity contribution in [1.29, 1.82) is 0 Å². The lowest BCUT2D eigenvalue weighted by Gasteiger charge is -2.19. The molecule has 0 aliphatic heterocycles. The Morgan fingerprint density at radius 1 is 1.10 bits per heavy atom. The summed E-state index contributed by atoms with van der Waals surface area (Å²) in [5, 5.41) is 22.7. The summed E-state index contributed by atoms with van der Waals surface area (Å²) in [6, 6.07) is 15.4. The van der Waals surface area contributed by atoms with Gasteiger partial charge in [0.25, 0.3) is 0 Å². The maximum absolute atomic E-state index is 10.1. The number of phenols is 1. The Morgan fingerprint density at radius 2 is 1.86 bits per heavy atom. The van der Waals surface area contributed by atoms with E-state index in [0.717, 1.165) is 11.1 Å². The molecule has 0 unspecified atom stereocenters. The molecule has 0 aromatic heterocycles. The van der Waals surface area contributed by atoms with Crippen LogP contribution in [0.2, 0.25) is 0 Å². The number of aromatic hydroxyl groups is 1. The van der Waals surface area contributed by atoms with Crippen molar-refractivity contribution < 1.29 is 14.9 Å². The van der Waals surface area contributed by atoms with E-state index in [9.17, 15) is 10.2 Å². The smallest absolute Gasteiger partial charge is 0.162 e. The third kappa shape index (κ3) is 3.97. The van der Waals surface area contributed by atoms with Gasteiger partial charge in [-0.15, -0.1) is 0 Å². The van der Waals surface area contributed by atoms with E-state index >= 15 is 0 Å². The predicted octanol–water partition coefficient (Wildman–Crippen LogP) is 2.61. The number of rotatable bonds is 7. The lowest BCUT2D eigenvalue weighted by atomic mass is 10.0. The number of aliphatic hydroxyl groups excluding tert-OH is 1. The van der Waals surface area contributed by atoms with Gasteiger partial charge in [0, 0.05) is 24.8 Å². The number of methoxy groups -OCH3 is 1. The van der Waals surface area contributed by atoms with Crippen LogP contribution in [0.5, 0.6) is 11.5 Å². The zero-order valence-electron chi connectivity index (χ0n) is 12.1. The molecule has 4 heteroatoms. The second-order valence-corrected chi connectivity index (χ2v) is 4.82. The SMILES string of the molecule is COc1cccc(CN[C@H](CCO)c2ccccc2)c1O. The standard InChI is InChI=1S/C17H21NO3/c1-21-16-9-5-8-14(17(16)20)12-18-15(10-11-19)13-6-3-2-4-7-13/h2-9,15,18-20H,10-12H2,1H3/t15-/m1/s1. The summed E-state index contributed by atoms with van der Waals surface area (Å²) in [5.41, 5.74) is 1.89. The van der Waals surface area contributed by atoms with Crippen molar-refractivity contribution in [2.75, 3.05) is 13.7 Å². The first-order valence-electron chi connectivity index (χ1n) is 7.00. The molecule has 0 aliphatic carbocycles. The Morgan fingerprint density at radius 3 is 2.52 bits per heavy atom. The van der Waals surface area contributed by atoms with Gasteiger partial charge < -0.3 is 20.3 Å². The highest BCUT2D eigenvalue weighted by atomic mass is 16.5. The van der Waals surface area contributed by atoms with Crippen molar-refractivity contribution in [2.24, 2.45) is 0 Å². The Hall–Kier alpha value is -2.04. The topological polar surface area (TPSA) is 61.7 Å². The number of para-hydroxylation sites is 1. The highest BCUT2D eigenvalue weighted by Gasteiger charge is 2.12. The van der Waals surface area contributed by atoms with Crippen molar-refractivity contribution in [3.63, 3.8) is 0 Å². The second-order valence-electron chi connectivity index (χ2n) is 4.82. The zero-order valence-corrected chi connectivity index (χ0v) is 12.1. The van der Waals surface area contributed by atoms with Crippen LogP contribution in [0.1, 0.15) is 23.6 Å². The van der Waals surface area contributed by atoms with Gasteiger partial charge in [-0.05, 0) is 18.1 Å². The number of ether oxygens (including phenoxy) is 1. The molecule has 3 N–H and O–H groups in total. The van der Waals surface area contributed by atoms with E-state index in [4.69, 9.17) is 4.74 Å².